The molecule has 3 aromatic carbocycles. The zero-order chi connectivity index (χ0) is 26.7. The lowest BCUT2D eigenvalue weighted by Gasteiger charge is -2.29. The molecule has 0 bridgehead atoms. The SMILES string of the molecule is O=C1C2C(c3ccc(C=Cc4ccccc4)cc3)NC(CO)(C(=O)O)C2C(=O)N1CCOc1ccccc1. The third kappa shape index (κ3) is 4.60. The minimum Gasteiger partial charge on any atom is -0.492 e. The Morgan fingerprint density at radius 3 is 2.11 bits per heavy atom. The molecule has 5 rings (SSSR count). The zero-order valence-electron chi connectivity index (χ0n) is 20.6. The summed E-state index contributed by atoms with van der Waals surface area (Å²) in [5.74, 6) is -4.07. The summed E-state index contributed by atoms with van der Waals surface area (Å²) in [6.07, 6.45) is 3.94. The first kappa shape index (κ1) is 25.4. The van der Waals surface area contributed by atoms with Crippen LogP contribution in [-0.2, 0) is 14.4 Å². The van der Waals surface area contributed by atoms with Crippen molar-refractivity contribution < 1.29 is 29.3 Å². The quantitative estimate of drug-likeness (QED) is 0.298. The number of aliphatic hydroxyl groups is 1. The van der Waals surface area contributed by atoms with Crippen LogP contribution in [0.2, 0.25) is 0 Å². The number of fused-ring (bicyclic) bond motifs is 1. The number of aliphatic hydroxyl groups excluding tert-OH is 1. The van der Waals surface area contributed by atoms with E-state index >= 15 is 0 Å². The van der Waals surface area contributed by atoms with Crippen molar-refractivity contribution in [2.75, 3.05) is 19.8 Å². The monoisotopic (exact) mass is 512 g/mol. The van der Waals surface area contributed by atoms with Crippen LogP contribution >= 0.6 is 0 Å². The summed E-state index contributed by atoms with van der Waals surface area (Å²) in [5, 5.41) is 23.2. The van der Waals surface area contributed by atoms with Crippen LogP contribution in [-0.4, -0.2) is 58.2 Å². The van der Waals surface area contributed by atoms with Gasteiger partial charge in [0, 0.05) is 6.04 Å². The summed E-state index contributed by atoms with van der Waals surface area (Å²) < 4.78 is 5.66. The molecule has 0 aromatic heterocycles. The van der Waals surface area contributed by atoms with Gasteiger partial charge in [0.2, 0.25) is 11.8 Å². The number of hydrogen-bond donors (Lipinski definition) is 3. The highest BCUT2D eigenvalue weighted by Crippen LogP contribution is 2.48. The van der Waals surface area contributed by atoms with Gasteiger partial charge in [0.1, 0.15) is 12.4 Å². The Bertz CT molecular complexity index is 1340. The van der Waals surface area contributed by atoms with Crippen molar-refractivity contribution in [1.82, 2.24) is 10.2 Å². The molecule has 38 heavy (non-hydrogen) atoms. The van der Waals surface area contributed by atoms with Gasteiger partial charge in [-0.25, -0.2) is 0 Å². The van der Waals surface area contributed by atoms with Crippen molar-refractivity contribution in [2.45, 2.75) is 11.6 Å². The molecule has 0 spiro atoms. The second-order valence-electron chi connectivity index (χ2n) is 9.46. The highest BCUT2D eigenvalue weighted by molar-refractivity contribution is 6.09. The Morgan fingerprint density at radius 2 is 1.50 bits per heavy atom. The molecule has 194 valence electrons. The molecular weight excluding hydrogens is 484 g/mol. The fraction of sp³-hybridized carbons (Fsp3) is 0.233. The van der Waals surface area contributed by atoms with E-state index in [9.17, 15) is 24.6 Å². The van der Waals surface area contributed by atoms with Gasteiger partial charge in [0.05, 0.1) is 25.0 Å². The van der Waals surface area contributed by atoms with Crippen molar-refractivity contribution in [1.29, 1.82) is 0 Å². The van der Waals surface area contributed by atoms with Crippen molar-refractivity contribution in [3.63, 3.8) is 0 Å². The summed E-state index contributed by atoms with van der Waals surface area (Å²) in [7, 11) is 0. The molecule has 0 aliphatic carbocycles. The average molecular weight is 513 g/mol. The minimum atomic E-state index is -1.97. The van der Waals surface area contributed by atoms with Crippen LogP contribution in [0.25, 0.3) is 12.2 Å². The van der Waals surface area contributed by atoms with E-state index in [1.165, 1.54) is 0 Å². The van der Waals surface area contributed by atoms with E-state index in [0.29, 0.717) is 11.3 Å². The molecule has 3 aromatic rings. The molecule has 3 N–H and O–H groups in total. The molecular formula is C30H28N2O6. The molecule has 2 aliphatic heterocycles. The molecule has 8 heteroatoms. The number of rotatable bonds is 9. The van der Waals surface area contributed by atoms with Gasteiger partial charge < -0.3 is 14.9 Å². The van der Waals surface area contributed by atoms with Gasteiger partial charge in [-0.2, -0.15) is 0 Å². The third-order valence-corrected chi connectivity index (χ3v) is 7.27. The highest BCUT2D eigenvalue weighted by Gasteiger charge is 2.68. The van der Waals surface area contributed by atoms with E-state index in [1.807, 2.05) is 84.9 Å². The number of nitrogens with zero attached hydrogens (tertiary/aromatic N) is 1. The summed E-state index contributed by atoms with van der Waals surface area (Å²) in [6.45, 7) is -0.775. The van der Waals surface area contributed by atoms with Gasteiger partial charge in [0.15, 0.2) is 5.54 Å². The number of likely N-dealkylation sites (tertiary alicyclic amines) is 1. The number of amides is 2. The summed E-state index contributed by atoms with van der Waals surface area (Å²) in [5.41, 5.74) is 0.671. The van der Waals surface area contributed by atoms with Crippen LogP contribution in [0.3, 0.4) is 0 Å². The molecule has 4 atom stereocenters. The topological polar surface area (TPSA) is 116 Å². The molecule has 2 fully saturated rings. The van der Waals surface area contributed by atoms with Crippen LogP contribution in [0.4, 0.5) is 0 Å². The smallest absolute Gasteiger partial charge is 0.327 e. The van der Waals surface area contributed by atoms with E-state index in [0.717, 1.165) is 16.0 Å². The zero-order valence-corrected chi connectivity index (χ0v) is 20.6. The number of aliphatic carboxylic acids is 1. The maximum Gasteiger partial charge on any atom is 0.327 e. The third-order valence-electron chi connectivity index (χ3n) is 7.27. The second-order valence-corrected chi connectivity index (χ2v) is 9.46. The standard InChI is InChI=1S/C30H28N2O6/c33-19-30(29(36)37)25-24(27(34)32(28(25)35)17-18-38-23-9-5-2-6-10-23)26(31-30)22-15-13-21(14-16-22)12-11-20-7-3-1-4-8-20/h1-16,24-26,31,33H,17-19H2,(H,36,37). The van der Waals surface area contributed by atoms with Crippen molar-refractivity contribution in [3.8, 4) is 5.75 Å². The minimum absolute atomic E-state index is 0.0172. The van der Waals surface area contributed by atoms with E-state index in [4.69, 9.17) is 4.74 Å². The van der Waals surface area contributed by atoms with E-state index < -0.39 is 47.8 Å². The maximum absolute atomic E-state index is 13.5. The lowest BCUT2D eigenvalue weighted by atomic mass is 9.79. The molecule has 2 heterocycles. The van der Waals surface area contributed by atoms with Gasteiger partial charge in [-0.3, -0.25) is 24.6 Å². The molecule has 0 saturated carbocycles. The Hall–Kier alpha value is -4.27. The lowest BCUT2D eigenvalue weighted by Crippen LogP contribution is -2.58. The first-order valence-corrected chi connectivity index (χ1v) is 12.4. The first-order chi connectivity index (χ1) is 18.4. The normalized spacial score (nSPS) is 24.7. The molecule has 8 nitrogen and oxygen atoms in total. The summed E-state index contributed by atoms with van der Waals surface area (Å²) in [6, 6.07) is 25.5. The number of para-hydroxylation sites is 1. The van der Waals surface area contributed by atoms with Crippen molar-refractivity contribution >= 4 is 29.9 Å². The number of carboxylic acid groups (broad SMARTS) is 1. The number of imide groups is 1. The Labute approximate surface area is 220 Å². The van der Waals surface area contributed by atoms with E-state index in [1.54, 1.807) is 12.1 Å². The number of carbonyl (C=O) groups excluding carboxylic acids is 2. The molecule has 2 amide bonds. The van der Waals surface area contributed by atoms with Crippen LogP contribution in [0.15, 0.2) is 84.9 Å². The fourth-order valence-electron chi connectivity index (χ4n) is 5.32. The Morgan fingerprint density at radius 1 is 0.895 bits per heavy atom. The van der Waals surface area contributed by atoms with Gasteiger partial charge in [-0.1, -0.05) is 84.9 Å². The second kappa shape index (κ2) is 10.6. The number of carboxylic acids is 1. The highest BCUT2D eigenvalue weighted by atomic mass is 16.5. The van der Waals surface area contributed by atoms with Crippen LogP contribution < -0.4 is 10.1 Å². The summed E-state index contributed by atoms with van der Waals surface area (Å²) in [4.78, 5) is 40.3. The number of hydrogen-bond acceptors (Lipinski definition) is 6. The Kier molecular flexibility index (Phi) is 7.09. The molecule has 4 unspecified atom stereocenters. The lowest BCUT2D eigenvalue weighted by molar-refractivity contribution is -0.153. The maximum atomic E-state index is 13.5. The number of benzene rings is 3. The van der Waals surface area contributed by atoms with Gasteiger partial charge in [-0.15, -0.1) is 0 Å². The van der Waals surface area contributed by atoms with Crippen LogP contribution in [0.1, 0.15) is 22.7 Å². The van der Waals surface area contributed by atoms with Gasteiger partial charge in [-0.05, 0) is 28.8 Å². The van der Waals surface area contributed by atoms with E-state index in [-0.39, 0.29) is 13.2 Å². The van der Waals surface area contributed by atoms with Gasteiger partial charge in [0.25, 0.3) is 0 Å². The average Bonchev–Trinajstić information content (AvgIpc) is 3.43. The molecule has 2 saturated heterocycles. The predicted octanol–water partition coefficient (Wildman–Crippen LogP) is 3.00. The number of nitrogens with one attached hydrogen (secondary N) is 1. The predicted molar refractivity (Wildman–Crippen MR) is 141 cm³/mol. The van der Waals surface area contributed by atoms with Crippen LogP contribution in [0, 0.1) is 11.8 Å². The van der Waals surface area contributed by atoms with E-state index in [2.05, 4.69) is 5.32 Å². The first-order valence-electron chi connectivity index (χ1n) is 12.4. The number of ether oxygens (including phenoxy) is 1. The van der Waals surface area contributed by atoms with Crippen molar-refractivity contribution in [2.24, 2.45) is 11.8 Å². The molecule has 0 radical (unpaired) electrons. The fourth-order valence-corrected chi connectivity index (χ4v) is 5.32. The Balaban J connectivity index is 1.38. The van der Waals surface area contributed by atoms with Crippen molar-refractivity contribution in [3.05, 3.63) is 102 Å². The van der Waals surface area contributed by atoms with Crippen LogP contribution in [0.5, 0.6) is 5.75 Å². The largest absolute Gasteiger partial charge is 0.492 e. The summed E-state index contributed by atoms with van der Waals surface area (Å²) >= 11 is 0. The van der Waals surface area contributed by atoms with Gasteiger partial charge >= 0.3 is 5.97 Å². The number of carbonyl (C=O) groups is 3. The molecule has 2 aliphatic rings.